The van der Waals surface area contributed by atoms with Crippen LogP contribution in [-0.4, -0.2) is 23.5 Å². The fourth-order valence-electron chi connectivity index (χ4n) is 2.03. The molecule has 0 aliphatic carbocycles. The van der Waals surface area contributed by atoms with Gasteiger partial charge < -0.3 is 4.74 Å². The Kier molecular flexibility index (Phi) is 7.68. The van der Waals surface area contributed by atoms with E-state index in [1.807, 2.05) is 19.1 Å². The molecule has 0 aliphatic rings. The molecule has 0 aromatic heterocycles. The number of halogens is 2. The molecule has 0 saturated carbocycles. The van der Waals surface area contributed by atoms with Crippen LogP contribution in [0.5, 0.6) is 5.75 Å². The SMILES string of the molecule is CCc1ccc(OCC(=O)NNC(=S)NC(=O)c2ccccc2F)c(Br)c1. The zero-order valence-corrected chi connectivity index (χ0v) is 16.7. The molecule has 0 radical (unpaired) electrons. The molecule has 0 atom stereocenters. The Bertz CT molecular complexity index is 863. The van der Waals surface area contributed by atoms with E-state index >= 15 is 0 Å². The number of benzene rings is 2. The number of hydrogen-bond donors (Lipinski definition) is 3. The number of hydrazine groups is 1. The zero-order valence-electron chi connectivity index (χ0n) is 14.3. The van der Waals surface area contributed by atoms with Crippen molar-refractivity contribution < 1.29 is 18.7 Å². The highest BCUT2D eigenvalue weighted by Gasteiger charge is 2.13. The molecule has 0 unspecified atom stereocenters. The molecule has 2 rings (SSSR count). The summed E-state index contributed by atoms with van der Waals surface area (Å²) in [5, 5.41) is 2.09. The molecule has 2 aromatic carbocycles. The van der Waals surface area contributed by atoms with E-state index in [2.05, 4.69) is 32.1 Å². The third kappa shape index (κ3) is 6.30. The molecule has 0 fully saturated rings. The average molecular weight is 454 g/mol. The molecule has 27 heavy (non-hydrogen) atoms. The van der Waals surface area contributed by atoms with Gasteiger partial charge in [0.05, 0.1) is 10.0 Å². The van der Waals surface area contributed by atoms with E-state index in [1.54, 1.807) is 6.07 Å². The van der Waals surface area contributed by atoms with Gasteiger partial charge in [-0.1, -0.05) is 25.1 Å². The smallest absolute Gasteiger partial charge is 0.276 e. The first kappa shape index (κ1) is 20.8. The lowest BCUT2D eigenvalue weighted by Gasteiger charge is -2.12. The number of ether oxygens (including phenoxy) is 1. The minimum atomic E-state index is -0.726. The Morgan fingerprint density at radius 3 is 2.59 bits per heavy atom. The van der Waals surface area contributed by atoms with Gasteiger partial charge in [-0.2, -0.15) is 0 Å². The standard InChI is InChI=1S/C18H17BrFN3O3S/c1-2-11-7-8-15(13(19)9-11)26-10-16(24)22-23-18(27)21-17(25)12-5-3-4-6-14(12)20/h3-9H,2,10H2,1H3,(H,22,24)(H2,21,23,25,27). The monoisotopic (exact) mass is 453 g/mol. The van der Waals surface area contributed by atoms with Crippen LogP contribution in [0.3, 0.4) is 0 Å². The maximum Gasteiger partial charge on any atom is 0.276 e. The second-order valence-electron chi connectivity index (χ2n) is 5.34. The second kappa shape index (κ2) is 9.98. The van der Waals surface area contributed by atoms with Crippen molar-refractivity contribution in [2.75, 3.05) is 6.61 Å². The number of aryl methyl sites for hydroxylation is 1. The summed E-state index contributed by atoms with van der Waals surface area (Å²) in [6, 6.07) is 11.1. The number of hydrogen-bond acceptors (Lipinski definition) is 4. The number of amides is 2. The number of nitrogens with one attached hydrogen (secondary N) is 3. The molecule has 0 saturated heterocycles. The highest BCUT2D eigenvalue weighted by Crippen LogP contribution is 2.26. The maximum absolute atomic E-state index is 13.5. The summed E-state index contributed by atoms with van der Waals surface area (Å²) in [6.45, 7) is 1.77. The van der Waals surface area contributed by atoms with Crippen LogP contribution in [0.1, 0.15) is 22.8 Å². The summed E-state index contributed by atoms with van der Waals surface area (Å²) < 4.78 is 19.7. The Labute approximate surface area is 169 Å². The third-order valence-corrected chi connectivity index (χ3v) is 4.25. The first-order valence-electron chi connectivity index (χ1n) is 7.96. The van der Waals surface area contributed by atoms with Crippen molar-refractivity contribution in [3.8, 4) is 5.75 Å². The van der Waals surface area contributed by atoms with Crippen molar-refractivity contribution in [2.24, 2.45) is 0 Å². The average Bonchev–Trinajstić information content (AvgIpc) is 2.65. The van der Waals surface area contributed by atoms with Crippen LogP contribution < -0.4 is 20.9 Å². The fourth-order valence-corrected chi connectivity index (χ4v) is 2.72. The molecule has 0 bridgehead atoms. The maximum atomic E-state index is 13.5. The number of thiocarbonyl (C=S) groups is 1. The number of carbonyl (C=O) groups is 2. The van der Waals surface area contributed by atoms with E-state index < -0.39 is 17.6 Å². The summed E-state index contributed by atoms with van der Waals surface area (Å²) in [7, 11) is 0. The molecule has 6 nitrogen and oxygen atoms in total. The van der Waals surface area contributed by atoms with Gasteiger partial charge in [0.2, 0.25) is 0 Å². The molecule has 3 N–H and O–H groups in total. The van der Waals surface area contributed by atoms with Gasteiger partial charge in [-0.25, -0.2) is 4.39 Å². The van der Waals surface area contributed by atoms with Gasteiger partial charge in [0.15, 0.2) is 11.7 Å². The van der Waals surface area contributed by atoms with Crippen LogP contribution in [-0.2, 0) is 11.2 Å². The van der Waals surface area contributed by atoms with Gasteiger partial charge in [0.25, 0.3) is 11.8 Å². The van der Waals surface area contributed by atoms with Crippen molar-refractivity contribution in [1.82, 2.24) is 16.2 Å². The first-order valence-corrected chi connectivity index (χ1v) is 9.16. The fraction of sp³-hybridized carbons (Fsp3) is 0.167. The molecular formula is C18H17BrFN3O3S. The molecule has 0 heterocycles. The van der Waals surface area contributed by atoms with Crippen LogP contribution in [0.2, 0.25) is 0 Å². The van der Waals surface area contributed by atoms with E-state index in [0.29, 0.717) is 5.75 Å². The lowest BCUT2D eigenvalue weighted by Crippen LogP contribution is -2.49. The normalized spacial score (nSPS) is 10.0. The summed E-state index contributed by atoms with van der Waals surface area (Å²) >= 11 is 8.27. The molecule has 9 heteroatoms. The van der Waals surface area contributed by atoms with Crippen LogP contribution in [0.4, 0.5) is 4.39 Å². The van der Waals surface area contributed by atoms with Gasteiger partial charge in [0.1, 0.15) is 11.6 Å². The van der Waals surface area contributed by atoms with Crippen LogP contribution in [0, 0.1) is 5.82 Å². The third-order valence-electron chi connectivity index (χ3n) is 3.42. The molecule has 2 aromatic rings. The van der Waals surface area contributed by atoms with Crippen molar-refractivity contribution in [2.45, 2.75) is 13.3 Å². The van der Waals surface area contributed by atoms with Crippen LogP contribution >= 0.6 is 28.1 Å². The lowest BCUT2D eigenvalue weighted by molar-refractivity contribution is -0.123. The molecule has 0 aliphatic heterocycles. The van der Waals surface area contributed by atoms with Gasteiger partial charge in [-0.3, -0.25) is 25.8 Å². The highest BCUT2D eigenvalue weighted by atomic mass is 79.9. The van der Waals surface area contributed by atoms with Crippen LogP contribution in [0.15, 0.2) is 46.9 Å². The summed E-state index contributed by atoms with van der Waals surface area (Å²) in [5.74, 6) is -1.38. The van der Waals surface area contributed by atoms with Gasteiger partial charge in [0, 0.05) is 0 Å². The Balaban J connectivity index is 1.77. The zero-order chi connectivity index (χ0) is 19.8. The molecule has 142 valence electrons. The van der Waals surface area contributed by atoms with Crippen LogP contribution in [0.25, 0.3) is 0 Å². The quantitative estimate of drug-likeness (QED) is 0.479. The summed E-state index contributed by atoms with van der Waals surface area (Å²) in [4.78, 5) is 23.7. The highest BCUT2D eigenvalue weighted by molar-refractivity contribution is 9.10. The van der Waals surface area contributed by atoms with Crippen molar-refractivity contribution in [3.05, 3.63) is 63.9 Å². The lowest BCUT2D eigenvalue weighted by atomic mass is 10.2. The molecular weight excluding hydrogens is 437 g/mol. The second-order valence-corrected chi connectivity index (χ2v) is 6.61. The molecule has 2 amide bonds. The predicted molar refractivity (Wildman–Crippen MR) is 107 cm³/mol. The largest absolute Gasteiger partial charge is 0.483 e. The van der Waals surface area contributed by atoms with Crippen molar-refractivity contribution in [1.29, 1.82) is 0 Å². The van der Waals surface area contributed by atoms with Crippen molar-refractivity contribution >= 4 is 45.1 Å². The summed E-state index contributed by atoms with van der Waals surface area (Å²) in [5.41, 5.74) is 5.62. The minimum absolute atomic E-state index is 0.156. The van der Waals surface area contributed by atoms with Gasteiger partial charge in [-0.05, 0) is 64.4 Å². The van der Waals surface area contributed by atoms with E-state index in [9.17, 15) is 14.0 Å². The predicted octanol–water partition coefficient (Wildman–Crippen LogP) is 2.87. The Morgan fingerprint density at radius 2 is 1.93 bits per heavy atom. The van der Waals surface area contributed by atoms with Crippen molar-refractivity contribution in [3.63, 3.8) is 0 Å². The van der Waals surface area contributed by atoms with Gasteiger partial charge in [-0.15, -0.1) is 0 Å². The van der Waals surface area contributed by atoms with Gasteiger partial charge >= 0.3 is 0 Å². The Morgan fingerprint density at radius 1 is 1.19 bits per heavy atom. The topological polar surface area (TPSA) is 79.5 Å². The van der Waals surface area contributed by atoms with E-state index in [0.717, 1.165) is 22.5 Å². The van der Waals surface area contributed by atoms with E-state index in [1.165, 1.54) is 18.2 Å². The minimum Gasteiger partial charge on any atom is -0.483 e. The van der Waals surface area contributed by atoms with E-state index in [4.69, 9.17) is 17.0 Å². The summed E-state index contributed by atoms with van der Waals surface area (Å²) in [6.07, 6.45) is 0.888. The van der Waals surface area contributed by atoms with E-state index in [-0.39, 0.29) is 17.3 Å². The Hall–Kier alpha value is -2.52. The number of carbonyl (C=O) groups excluding carboxylic acids is 2. The first-order chi connectivity index (χ1) is 12.9. The molecule has 0 spiro atoms. The number of rotatable bonds is 5.